The number of hydrogen-bond acceptors (Lipinski definition) is 7. The topological polar surface area (TPSA) is 102 Å². The molecular formula is C15H27NO7. The molecule has 0 spiro atoms. The van der Waals surface area contributed by atoms with Crippen molar-refractivity contribution in [1.29, 1.82) is 0 Å². The summed E-state index contributed by atoms with van der Waals surface area (Å²) < 4.78 is 14.5. The lowest BCUT2D eigenvalue weighted by Gasteiger charge is -2.34. The largest absolute Gasteiger partial charge is 0.633 e. The number of nitrogens with zero attached hydrogens (tertiary/aromatic N) is 1. The molecular weight excluding hydrogens is 306 g/mol. The van der Waals surface area contributed by atoms with Crippen LogP contribution in [-0.2, 0) is 28.6 Å². The van der Waals surface area contributed by atoms with Gasteiger partial charge in [-0.25, -0.2) is 0 Å². The summed E-state index contributed by atoms with van der Waals surface area (Å²) in [4.78, 5) is 34.8. The fourth-order valence-electron chi connectivity index (χ4n) is 1.38. The van der Waals surface area contributed by atoms with E-state index in [0.29, 0.717) is 0 Å². The first-order chi connectivity index (χ1) is 10.5. The van der Waals surface area contributed by atoms with Crippen molar-refractivity contribution >= 4 is 17.9 Å². The van der Waals surface area contributed by atoms with Crippen LogP contribution in [0.15, 0.2) is 0 Å². The molecule has 0 amide bonds. The first kappa shape index (κ1) is 21.3. The van der Waals surface area contributed by atoms with Gasteiger partial charge in [-0.3, -0.25) is 14.4 Å². The normalized spacial score (nSPS) is 11.7. The lowest BCUT2D eigenvalue weighted by molar-refractivity contribution is -0.840. The van der Waals surface area contributed by atoms with Crippen molar-refractivity contribution < 1.29 is 33.2 Å². The zero-order valence-electron chi connectivity index (χ0n) is 14.5. The number of hydroxylamine groups is 3. The third kappa shape index (κ3) is 9.14. The molecule has 8 nitrogen and oxygen atoms in total. The van der Waals surface area contributed by atoms with Gasteiger partial charge in [0.1, 0.15) is 31.8 Å². The number of esters is 3. The fraction of sp³-hybridized carbons (Fsp3) is 0.800. The van der Waals surface area contributed by atoms with E-state index >= 15 is 0 Å². The van der Waals surface area contributed by atoms with Gasteiger partial charge in [-0.05, 0) is 6.92 Å². The molecule has 0 aromatic heterocycles. The van der Waals surface area contributed by atoms with Crippen LogP contribution in [0.1, 0.15) is 33.6 Å². The molecule has 0 atom stereocenters. The number of rotatable bonds is 10. The summed E-state index contributed by atoms with van der Waals surface area (Å²) in [6.45, 7) is 4.24. The van der Waals surface area contributed by atoms with Gasteiger partial charge in [-0.15, -0.1) is 0 Å². The molecule has 0 aliphatic carbocycles. The SMILES string of the molecule is CCC(=O)OCC(C)(COC(=O)CC)C(=O)OCC[N+](C)(C)[O-]. The third-order valence-corrected chi connectivity index (χ3v) is 3.04. The Balaban J connectivity index is 4.76. The van der Waals surface area contributed by atoms with E-state index < -0.39 is 28.0 Å². The first-order valence-corrected chi connectivity index (χ1v) is 7.56. The second-order valence-electron chi connectivity index (χ2n) is 6.02. The first-order valence-electron chi connectivity index (χ1n) is 7.56. The Morgan fingerprint density at radius 1 is 0.957 bits per heavy atom. The molecule has 134 valence electrons. The molecule has 0 N–H and O–H groups in total. The zero-order chi connectivity index (χ0) is 18.1. The van der Waals surface area contributed by atoms with E-state index in [1.165, 1.54) is 21.0 Å². The Bertz CT molecular complexity index is 395. The fourth-order valence-corrected chi connectivity index (χ4v) is 1.38. The average molecular weight is 333 g/mol. The van der Waals surface area contributed by atoms with Crippen LogP contribution in [0.25, 0.3) is 0 Å². The Kier molecular flexibility index (Phi) is 8.78. The highest BCUT2D eigenvalue weighted by Crippen LogP contribution is 2.21. The van der Waals surface area contributed by atoms with Gasteiger partial charge in [0.05, 0.1) is 14.1 Å². The van der Waals surface area contributed by atoms with Crippen LogP contribution in [0, 0.1) is 10.6 Å². The van der Waals surface area contributed by atoms with Crippen LogP contribution in [0.5, 0.6) is 0 Å². The Morgan fingerprint density at radius 2 is 1.39 bits per heavy atom. The van der Waals surface area contributed by atoms with E-state index in [4.69, 9.17) is 14.2 Å². The quantitative estimate of drug-likeness (QED) is 0.254. The Hall–Kier alpha value is -1.67. The molecule has 0 saturated heterocycles. The standard InChI is InChI=1S/C15H27NO7/c1-6-12(17)22-10-15(3,11-23-13(18)7-2)14(19)21-9-8-16(4,5)20/h6-11H2,1-5H3. The highest BCUT2D eigenvalue weighted by Gasteiger charge is 2.38. The van der Waals surface area contributed by atoms with Gasteiger partial charge in [0.2, 0.25) is 0 Å². The van der Waals surface area contributed by atoms with Gasteiger partial charge in [0, 0.05) is 12.8 Å². The van der Waals surface area contributed by atoms with E-state index in [9.17, 15) is 19.6 Å². The van der Waals surface area contributed by atoms with Crippen molar-refractivity contribution in [2.45, 2.75) is 33.6 Å². The van der Waals surface area contributed by atoms with Crippen molar-refractivity contribution in [3.63, 3.8) is 0 Å². The summed E-state index contributed by atoms with van der Waals surface area (Å²) in [7, 11) is 2.86. The molecule has 0 aliphatic heterocycles. The molecule has 0 rings (SSSR count). The molecule has 8 heteroatoms. The maximum absolute atomic E-state index is 12.2. The minimum Gasteiger partial charge on any atom is -0.633 e. The molecule has 0 aromatic carbocycles. The maximum Gasteiger partial charge on any atom is 0.319 e. The highest BCUT2D eigenvalue weighted by molar-refractivity contribution is 5.78. The lowest BCUT2D eigenvalue weighted by atomic mass is 9.93. The monoisotopic (exact) mass is 333 g/mol. The van der Waals surface area contributed by atoms with Crippen LogP contribution >= 0.6 is 0 Å². The van der Waals surface area contributed by atoms with Gasteiger partial charge < -0.3 is 24.1 Å². The number of ether oxygens (including phenoxy) is 3. The highest BCUT2D eigenvalue weighted by atomic mass is 16.6. The van der Waals surface area contributed by atoms with Crippen LogP contribution in [0.4, 0.5) is 0 Å². The van der Waals surface area contributed by atoms with E-state index in [1.54, 1.807) is 13.8 Å². The Labute approximate surface area is 136 Å². The average Bonchev–Trinajstić information content (AvgIpc) is 2.48. The van der Waals surface area contributed by atoms with Crippen molar-refractivity contribution in [2.24, 2.45) is 5.41 Å². The molecule has 0 saturated carbocycles. The van der Waals surface area contributed by atoms with Crippen molar-refractivity contribution in [3.05, 3.63) is 5.21 Å². The number of quaternary nitrogens is 1. The van der Waals surface area contributed by atoms with Crippen molar-refractivity contribution in [2.75, 3.05) is 40.5 Å². The van der Waals surface area contributed by atoms with Gasteiger partial charge in [-0.2, -0.15) is 0 Å². The molecule has 0 unspecified atom stereocenters. The summed E-state index contributed by atoms with van der Waals surface area (Å²) in [6.07, 6.45) is 0.337. The third-order valence-electron chi connectivity index (χ3n) is 3.04. The molecule has 0 aromatic rings. The van der Waals surface area contributed by atoms with E-state index in [1.807, 2.05) is 0 Å². The van der Waals surface area contributed by atoms with Gasteiger partial charge >= 0.3 is 17.9 Å². The summed E-state index contributed by atoms with van der Waals surface area (Å²) in [5.41, 5.74) is -1.31. The molecule has 23 heavy (non-hydrogen) atoms. The smallest absolute Gasteiger partial charge is 0.319 e. The van der Waals surface area contributed by atoms with Crippen LogP contribution in [0.2, 0.25) is 0 Å². The summed E-state index contributed by atoms with van der Waals surface area (Å²) in [6, 6.07) is 0. The van der Waals surface area contributed by atoms with E-state index in [0.717, 1.165) is 0 Å². The van der Waals surface area contributed by atoms with Crippen molar-refractivity contribution in [3.8, 4) is 0 Å². The molecule has 0 radical (unpaired) electrons. The summed E-state index contributed by atoms with van der Waals surface area (Å²) in [5.74, 6) is -1.62. The van der Waals surface area contributed by atoms with Crippen LogP contribution < -0.4 is 0 Å². The Morgan fingerprint density at radius 3 is 1.74 bits per heavy atom. The number of carbonyl (C=O) groups is 3. The van der Waals surface area contributed by atoms with Crippen molar-refractivity contribution in [1.82, 2.24) is 0 Å². The van der Waals surface area contributed by atoms with E-state index in [2.05, 4.69) is 0 Å². The van der Waals surface area contributed by atoms with Gasteiger partial charge in [-0.1, -0.05) is 13.8 Å². The predicted octanol–water partition coefficient (Wildman–Crippen LogP) is 1.02. The van der Waals surface area contributed by atoms with E-state index in [-0.39, 0.29) is 39.2 Å². The minimum absolute atomic E-state index is 0.0750. The van der Waals surface area contributed by atoms with Gasteiger partial charge in [0.25, 0.3) is 0 Å². The molecule has 0 aliphatic rings. The summed E-state index contributed by atoms with van der Waals surface area (Å²) in [5, 5.41) is 11.4. The second-order valence-corrected chi connectivity index (χ2v) is 6.02. The molecule has 0 fully saturated rings. The number of likely N-dealkylation sites (N-methyl/N-ethyl adjacent to an activating group) is 1. The number of hydrogen-bond donors (Lipinski definition) is 0. The van der Waals surface area contributed by atoms with Gasteiger partial charge in [0.15, 0.2) is 0 Å². The lowest BCUT2D eigenvalue weighted by Crippen LogP contribution is -2.42. The summed E-state index contributed by atoms with van der Waals surface area (Å²) >= 11 is 0. The molecule has 0 heterocycles. The predicted molar refractivity (Wildman–Crippen MR) is 81.9 cm³/mol. The number of carbonyl (C=O) groups excluding carboxylic acids is 3. The second kappa shape index (κ2) is 9.46. The van der Waals surface area contributed by atoms with Crippen LogP contribution in [-0.4, -0.2) is 63.0 Å². The maximum atomic E-state index is 12.2. The zero-order valence-corrected chi connectivity index (χ0v) is 14.5. The molecule has 0 bridgehead atoms. The minimum atomic E-state index is -1.31. The van der Waals surface area contributed by atoms with Crippen LogP contribution in [0.3, 0.4) is 0 Å².